The van der Waals surface area contributed by atoms with Crippen molar-refractivity contribution < 1.29 is 14.5 Å². The zero-order chi connectivity index (χ0) is 14.7. The van der Waals surface area contributed by atoms with Gasteiger partial charge in [0.1, 0.15) is 10.6 Å². The number of hydrogen-bond acceptors (Lipinski definition) is 6. The van der Waals surface area contributed by atoms with Gasteiger partial charge in [-0.25, -0.2) is 4.79 Å². The average Bonchev–Trinajstić information content (AvgIpc) is 2.78. The number of thiophene rings is 1. The zero-order valence-electron chi connectivity index (χ0n) is 10.7. The molecule has 2 aromatic rings. The van der Waals surface area contributed by atoms with Gasteiger partial charge in [0.2, 0.25) is 0 Å². The molecule has 1 aromatic carbocycles. The zero-order valence-corrected chi connectivity index (χ0v) is 11.5. The third kappa shape index (κ3) is 2.48. The van der Waals surface area contributed by atoms with E-state index in [1.807, 2.05) is 0 Å². The van der Waals surface area contributed by atoms with Crippen molar-refractivity contribution in [1.82, 2.24) is 0 Å². The van der Waals surface area contributed by atoms with Crippen LogP contribution in [-0.2, 0) is 4.74 Å². The molecule has 0 amide bonds. The summed E-state index contributed by atoms with van der Waals surface area (Å²) in [7, 11) is 0. The SMILES string of the molecule is CCOC(=O)c1c(N)sc([N+](=O)[O-])c1-c1ccccc1. The largest absolute Gasteiger partial charge is 0.462 e. The molecule has 0 aliphatic carbocycles. The summed E-state index contributed by atoms with van der Waals surface area (Å²) in [5.74, 6) is -0.645. The van der Waals surface area contributed by atoms with Gasteiger partial charge in [0.05, 0.1) is 17.1 Å². The van der Waals surface area contributed by atoms with Crippen LogP contribution in [0.4, 0.5) is 10.0 Å². The van der Waals surface area contributed by atoms with Crippen molar-refractivity contribution in [2.45, 2.75) is 6.92 Å². The number of hydrogen-bond donors (Lipinski definition) is 1. The highest BCUT2D eigenvalue weighted by Crippen LogP contribution is 2.44. The number of carbonyl (C=O) groups is 1. The van der Waals surface area contributed by atoms with Gasteiger partial charge in [0.15, 0.2) is 0 Å². The number of benzene rings is 1. The van der Waals surface area contributed by atoms with Crippen LogP contribution in [0.3, 0.4) is 0 Å². The van der Waals surface area contributed by atoms with Crippen LogP contribution in [0.25, 0.3) is 11.1 Å². The minimum Gasteiger partial charge on any atom is -0.462 e. The first-order valence-electron chi connectivity index (χ1n) is 5.85. The van der Waals surface area contributed by atoms with E-state index in [2.05, 4.69) is 0 Å². The molecule has 0 spiro atoms. The summed E-state index contributed by atoms with van der Waals surface area (Å²) >= 11 is 0.776. The Bertz CT molecular complexity index is 652. The standard InChI is InChI=1S/C13H12N2O4S/c1-2-19-13(16)10-9(8-6-4-3-5-7-8)12(15(17)18)20-11(10)14/h3-7H,2,14H2,1H3. The van der Waals surface area contributed by atoms with Crippen molar-refractivity contribution in [3.8, 4) is 11.1 Å². The molecule has 0 unspecified atom stereocenters. The van der Waals surface area contributed by atoms with Gasteiger partial charge in [-0.3, -0.25) is 10.1 Å². The number of nitrogens with two attached hydrogens (primary N) is 1. The molecule has 0 bridgehead atoms. The monoisotopic (exact) mass is 292 g/mol. The highest BCUT2D eigenvalue weighted by atomic mass is 32.1. The van der Waals surface area contributed by atoms with E-state index >= 15 is 0 Å². The summed E-state index contributed by atoms with van der Waals surface area (Å²) in [5, 5.41) is 11.1. The van der Waals surface area contributed by atoms with E-state index in [4.69, 9.17) is 10.5 Å². The van der Waals surface area contributed by atoms with Crippen molar-refractivity contribution in [2.24, 2.45) is 0 Å². The van der Waals surface area contributed by atoms with Crippen LogP contribution in [0.5, 0.6) is 0 Å². The fraction of sp³-hybridized carbons (Fsp3) is 0.154. The van der Waals surface area contributed by atoms with Gasteiger partial charge >= 0.3 is 11.0 Å². The lowest BCUT2D eigenvalue weighted by molar-refractivity contribution is -0.379. The molecule has 0 radical (unpaired) electrons. The van der Waals surface area contributed by atoms with Gasteiger partial charge in [-0.1, -0.05) is 30.3 Å². The third-order valence-corrected chi connectivity index (χ3v) is 3.60. The molecule has 2 N–H and O–H groups in total. The molecule has 1 aromatic heterocycles. The molecule has 2 rings (SSSR count). The van der Waals surface area contributed by atoms with Crippen LogP contribution < -0.4 is 5.73 Å². The smallest absolute Gasteiger partial charge is 0.342 e. The van der Waals surface area contributed by atoms with Gasteiger partial charge < -0.3 is 10.5 Å². The van der Waals surface area contributed by atoms with Crippen molar-refractivity contribution in [3.63, 3.8) is 0 Å². The fourth-order valence-electron chi connectivity index (χ4n) is 1.84. The second-order valence-electron chi connectivity index (χ2n) is 3.87. The lowest BCUT2D eigenvalue weighted by atomic mass is 10.0. The van der Waals surface area contributed by atoms with E-state index in [9.17, 15) is 14.9 Å². The maximum atomic E-state index is 12.0. The summed E-state index contributed by atoms with van der Waals surface area (Å²) in [6.45, 7) is 1.84. The van der Waals surface area contributed by atoms with E-state index in [-0.39, 0.29) is 27.7 Å². The quantitative estimate of drug-likeness (QED) is 0.530. The second-order valence-corrected chi connectivity index (χ2v) is 4.90. The summed E-state index contributed by atoms with van der Waals surface area (Å²) in [4.78, 5) is 22.6. The van der Waals surface area contributed by atoms with Gasteiger partial charge in [0.25, 0.3) is 0 Å². The summed E-state index contributed by atoms with van der Waals surface area (Å²) in [6.07, 6.45) is 0. The molecule has 1 heterocycles. The average molecular weight is 292 g/mol. The van der Waals surface area contributed by atoms with Crippen molar-refractivity contribution in [1.29, 1.82) is 0 Å². The van der Waals surface area contributed by atoms with Crippen LogP contribution in [0.15, 0.2) is 30.3 Å². The minimum absolute atomic E-state index is 0.0646. The van der Waals surface area contributed by atoms with E-state index in [1.165, 1.54) is 0 Å². The normalized spacial score (nSPS) is 10.2. The lowest BCUT2D eigenvalue weighted by Gasteiger charge is -2.04. The fourth-order valence-corrected chi connectivity index (χ4v) is 2.74. The van der Waals surface area contributed by atoms with E-state index in [1.54, 1.807) is 37.3 Å². The number of nitro groups is 1. The molecular formula is C13H12N2O4S. The van der Waals surface area contributed by atoms with Crippen molar-refractivity contribution in [3.05, 3.63) is 46.0 Å². The Balaban J connectivity index is 2.68. The number of rotatable bonds is 4. The molecule has 0 saturated heterocycles. The Hall–Kier alpha value is -2.41. The molecule has 7 heteroatoms. The van der Waals surface area contributed by atoms with Crippen LogP contribution in [0, 0.1) is 10.1 Å². The Labute approximate surface area is 118 Å². The Morgan fingerprint density at radius 3 is 2.60 bits per heavy atom. The first kappa shape index (κ1) is 14.0. The maximum absolute atomic E-state index is 12.0. The predicted octanol–water partition coefficient (Wildman–Crippen LogP) is 3.08. The Kier molecular flexibility index (Phi) is 3.99. The minimum atomic E-state index is -0.645. The van der Waals surface area contributed by atoms with E-state index in [0.29, 0.717) is 5.56 Å². The van der Waals surface area contributed by atoms with Gasteiger partial charge in [-0.05, 0) is 23.8 Å². The molecule has 0 fully saturated rings. The number of carbonyl (C=O) groups excluding carboxylic acids is 1. The van der Waals surface area contributed by atoms with Gasteiger partial charge in [-0.2, -0.15) is 0 Å². The molecule has 0 aliphatic heterocycles. The highest BCUT2D eigenvalue weighted by molar-refractivity contribution is 7.20. The van der Waals surface area contributed by atoms with E-state index in [0.717, 1.165) is 11.3 Å². The summed E-state index contributed by atoms with van der Waals surface area (Å²) in [5.41, 5.74) is 6.61. The summed E-state index contributed by atoms with van der Waals surface area (Å²) < 4.78 is 4.93. The topological polar surface area (TPSA) is 95.5 Å². The van der Waals surface area contributed by atoms with Crippen LogP contribution in [0.1, 0.15) is 17.3 Å². The molecule has 104 valence electrons. The molecule has 0 aliphatic rings. The molecule has 6 nitrogen and oxygen atoms in total. The molecular weight excluding hydrogens is 280 g/mol. The predicted molar refractivity (Wildman–Crippen MR) is 76.8 cm³/mol. The van der Waals surface area contributed by atoms with E-state index < -0.39 is 10.9 Å². The first-order chi connectivity index (χ1) is 9.56. The number of esters is 1. The number of nitrogen functional groups attached to an aromatic ring is 1. The number of anilines is 1. The summed E-state index contributed by atoms with van der Waals surface area (Å²) in [6, 6.07) is 8.65. The second kappa shape index (κ2) is 5.70. The van der Waals surface area contributed by atoms with Crippen LogP contribution >= 0.6 is 11.3 Å². The molecule has 0 atom stereocenters. The number of ether oxygens (including phenoxy) is 1. The first-order valence-corrected chi connectivity index (χ1v) is 6.67. The van der Waals surface area contributed by atoms with Crippen molar-refractivity contribution in [2.75, 3.05) is 12.3 Å². The van der Waals surface area contributed by atoms with Crippen LogP contribution in [-0.4, -0.2) is 17.5 Å². The number of nitrogens with zero attached hydrogens (tertiary/aromatic N) is 1. The maximum Gasteiger partial charge on any atom is 0.342 e. The van der Waals surface area contributed by atoms with Gasteiger partial charge in [0, 0.05) is 0 Å². The molecule has 0 saturated carbocycles. The van der Waals surface area contributed by atoms with Crippen molar-refractivity contribution >= 4 is 27.3 Å². The van der Waals surface area contributed by atoms with Crippen LogP contribution in [0.2, 0.25) is 0 Å². The lowest BCUT2D eigenvalue weighted by Crippen LogP contribution is -2.07. The molecule has 20 heavy (non-hydrogen) atoms. The Morgan fingerprint density at radius 1 is 1.40 bits per heavy atom. The van der Waals surface area contributed by atoms with Gasteiger partial charge in [-0.15, -0.1) is 0 Å². The highest BCUT2D eigenvalue weighted by Gasteiger charge is 2.30. The third-order valence-electron chi connectivity index (χ3n) is 2.62. The Morgan fingerprint density at radius 2 is 2.05 bits per heavy atom.